The summed E-state index contributed by atoms with van der Waals surface area (Å²) in [5.74, 6) is 3.25. The van der Waals surface area contributed by atoms with Crippen LogP contribution in [0.2, 0.25) is 0 Å². The molecule has 1 aliphatic heterocycles. The first kappa shape index (κ1) is 37.1. The third kappa shape index (κ3) is 5.89. The first-order valence-electron chi connectivity index (χ1n) is 21.4. The fourth-order valence-corrected chi connectivity index (χ4v) is 9.78. The third-order valence-corrected chi connectivity index (χ3v) is 12.7. The standard InChI is InChI=1S/C59H36N4O/c1-60-44-33-30-38(31-34-44)56-61-57(63-58(62-56)41-32-35-50-48-24-9-8-22-46(48)47-23-10-11-25-49(47)51(50)37-41)40-17-14-16-39(36-40)45-26-15-28-53-55(45)64-54-29-13-12-27-52(54)59(53,42-18-4-2-5-19-42)43-20-6-3-7-21-43/h2-37H. The molecule has 5 nitrogen and oxygen atoms in total. The Balaban J connectivity index is 1.05. The van der Waals surface area contributed by atoms with Gasteiger partial charge in [0.15, 0.2) is 23.2 Å². The van der Waals surface area contributed by atoms with Crippen molar-refractivity contribution in [3.63, 3.8) is 0 Å². The van der Waals surface area contributed by atoms with E-state index in [1.807, 2.05) is 18.2 Å². The van der Waals surface area contributed by atoms with Gasteiger partial charge in [-0.1, -0.05) is 200 Å². The normalized spacial score (nSPS) is 12.6. The molecule has 64 heavy (non-hydrogen) atoms. The summed E-state index contributed by atoms with van der Waals surface area (Å²) in [5, 5.41) is 7.12. The van der Waals surface area contributed by atoms with Crippen LogP contribution in [0.1, 0.15) is 22.3 Å². The number of ether oxygens (including phenoxy) is 1. The van der Waals surface area contributed by atoms with Crippen LogP contribution < -0.4 is 4.74 Å². The average Bonchev–Trinajstić information content (AvgIpc) is 3.38. The number of hydrogen-bond donors (Lipinski definition) is 0. The number of benzene rings is 10. The molecule has 0 bridgehead atoms. The van der Waals surface area contributed by atoms with Crippen molar-refractivity contribution < 1.29 is 4.74 Å². The Hall–Kier alpha value is -8.72. The molecule has 0 saturated carbocycles. The summed E-state index contributed by atoms with van der Waals surface area (Å²) in [7, 11) is 0. The van der Waals surface area contributed by atoms with Crippen LogP contribution in [0.5, 0.6) is 11.5 Å². The van der Waals surface area contributed by atoms with Crippen LogP contribution in [-0.2, 0) is 5.41 Å². The predicted molar refractivity (Wildman–Crippen MR) is 259 cm³/mol. The number of aromatic nitrogens is 3. The highest BCUT2D eigenvalue weighted by molar-refractivity contribution is 6.25. The SMILES string of the molecule is [C-]#[N+]c1ccc(-c2nc(-c3cccc(-c4cccc5c4Oc4ccccc4C5(c4ccccc4)c4ccccc4)c3)nc(-c3ccc4c5ccccc5c5ccccc5c4c3)n2)cc1. The van der Waals surface area contributed by atoms with E-state index in [0.29, 0.717) is 23.2 Å². The van der Waals surface area contributed by atoms with E-state index in [1.165, 1.54) is 26.9 Å². The van der Waals surface area contributed by atoms with Gasteiger partial charge in [0.1, 0.15) is 11.5 Å². The fraction of sp³-hybridized carbons (Fsp3) is 0.0169. The second kappa shape index (κ2) is 15.0. The summed E-state index contributed by atoms with van der Waals surface area (Å²) in [6, 6.07) is 75.9. The number of nitrogens with zero attached hydrogens (tertiary/aromatic N) is 4. The van der Waals surface area contributed by atoms with Gasteiger partial charge < -0.3 is 4.74 Å². The van der Waals surface area contributed by atoms with Crippen LogP contribution in [0, 0.1) is 6.57 Å². The van der Waals surface area contributed by atoms with Crippen LogP contribution in [-0.4, -0.2) is 15.0 Å². The lowest BCUT2D eigenvalue weighted by atomic mass is 9.63. The summed E-state index contributed by atoms with van der Waals surface area (Å²) in [5.41, 5.74) is 8.84. The van der Waals surface area contributed by atoms with Crippen LogP contribution in [0.25, 0.3) is 82.5 Å². The first-order chi connectivity index (χ1) is 31.7. The van der Waals surface area contributed by atoms with Crippen LogP contribution in [0.4, 0.5) is 5.69 Å². The summed E-state index contributed by atoms with van der Waals surface area (Å²) in [6.45, 7) is 7.55. The van der Waals surface area contributed by atoms with Gasteiger partial charge in [0.05, 0.1) is 12.0 Å². The molecule has 0 atom stereocenters. The molecule has 2 heterocycles. The van der Waals surface area contributed by atoms with Gasteiger partial charge in [-0.15, -0.1) is 0 Å². The van der Waals surface area contributed by atoms with Gasteiger partial charge in [-0.2, -0.15) is 0 Å². The smallest absolute Gasteiger partial charge is 0.187 e. The van der Waals surface area contributed by atoms with Crippen LogP contribution >= 0.6 is 0 Å². The molecule has 0 amide bonds. The summed E-state index contributed by atoms with van der Waals surface area (Å²) < 4.78 is 7.01. The monoisotopic (exact) mass is 816 g/mol. The van der Waals surface area contributed by atoms with E-state index in [1.54, 1.807) is 12.1 Å². The van der Waals surface area contributed by atoms with Gasteiger partial charge in [0, 0.05) is 33.4 Å². The Kier molecular flexibility index (Phi) is 8.70. The number of para-hydroxylation sites is 2. The Morgan fingerprint density at radius 1 is 0.375 bits per heavy atom. The van der Waals surface area contributed by atoms with Crippen molar-refractivity contribution in [2.24, 2.45) is 0 Å². The van der Waals surface area contributed by atoms with E-state index < -0.39 is 5.41 Å². The molecule has 1 aromatic heterocycles. The zero-order chi connectivity index (χ0) is 42.6. The molecule has 10 aromatic carbocycles. The zero-order valence-electron chi connectivity index (χ0n) is 34.5. The molecule has 0 spiro atoms. The maximum atomic E-state index is 7.55. The highest BCUT2D eigenvalue weighted by atomic mass is 16.5. The first-order valence-corrected chi connectivity index (χ1v) is 21.4. The van der Waals surface area contributed by atoms with Crippen LogP contribution in [0.15, 0.2) is 218 Å². The highest BCUT2D eigenvalue weighted by Crippen LogP contribution is 2.57. The summed E-state index contributed by atoms with van der Waals surface area (Å²) in [6.07, 6.45) is 0. The van der Waals surface area contributed by atoms with E-state index in [2.05, 4.69) is 193 Å². The lowest BCUT2D eigenvalue weighted by molar-refractivity contribution is 0.436. The predicted octanol–water partition coefficient (Wildman–Crippen LogP) is 15.0. The minimum absolute atomic E-state index is 0.526. The molecule has 12 rings (SSSR count). The van der Waals surface area contributed by atoms with Crippen molar-refractivity contribution in [2.75, 3.05) is 0 Å². The second-order valence-corrected chi connectivity index (χ2v) is 16.2. The molecule has 0 radical (unpaired) electrons. The molecule has 0 fully saturated rings. The van der Waals surface area contributed by atoms with Crippen molar-refractivity contribution in [1.82, 2.24) is 15.0 Å². The summed E-state index contributed by atoms with van der Waals surface area (Å²) in [4.78, 5) is 19.1. The Labute approximate surface area is 370 Å². The molecular weight excluding hydrogens is 781 g/mol. The lowest BCUT2D eigenvalue weighted by Crippen LogP contribution is -2.34. The minimum Gasteiger partial charge on any atom is -0.456 e. The van der Waals surface area contributed by atoms with E-state index >= 15 is 0 Å². The van der Waals surface area contributed by atoms with Gasteiger partial charge in [0.25, 0.3) is 0 Å². The van der Waals surface area contributed by atoms with Gasteiger partial charge in [-0.3, -0.25) is 0 Å². The van der Waals surface area contributed by atoms with Crippen molar-refractivity contribution in [2.45, 2.75) is 5.41 Å². The molecule has 1 aliphatic rings. The fourth-order valence-electron chi connectivity index (χ4n) is 9.78. The van der Waals surface area contributed by atoms with Gasteiger partial charge in [-0.05, 0) is 67.2 Å². The summed E-state index contributed by atoms with van der Waals surface area (Å²) >= 11 is 0. The average molecular weight is 817 g/mol. The molecule has 0 aliphatic carbocycles. The van der Waals surface area contributed by atoms with Crippen molar-refractivity contribution in [3.8, 4) is 56.8 Å². The molecule has 0 N–H and O–H groups in total. The van der Waals surface area contributed by atoms with E-state index in [-0.39, 0.29) is 0 Å². The third-order valence-electron chi connectivity index (χ3n) is 12.7. The second-order valence-electron chi connectivity index (χ2n) is 16.2. The maximum absolute atomic E-state index is 7.55. The molecule has 0 unspecified atom stereocenters. The van der Waals surface area contributed by atoms with Gasteiger partial charge >= 0.3 is 0 Å². The molecule has 11 aromatic rings. The molecule has 0 saturated heterocycles. The topological polar surface area (TPSA) is 52.3 Å². The quantitative estimate of drug-likeness (QED) is 0.124. The molecule has 298 valence electrons. The molecular formula is C59H36N4O. The van der Waals surface area contributed by atoms with Crippen molar-refractivity contribution in [1.29, 1.82) is 0 Å². The number of hydrogen-bond acceptors (Lipinski definition) is 4. The Morgan fingerprint density at radius 2 is 0.859 bits per heavy atom. The van der Waals surface area contributed by atoms with Crippen molar-refractivity contribution >= 4 is 38.0 Å². The van der Waals surface area contributed by atoms with E-state index in [9.17, 15) is 0 Å². The van der Waals surface area contributed by atoms with E-state index in [4.69, 9.17) is 26.3 Å². The largest absolute Gasteiger partial charge is 0.456 e. The van der Waals surface area contributed by atoms with E-state index in [0.717, 1.165) is 67.0 Å². The Bertz CT molecular complexity index is 3580. The van der Waals surface area contributed by atoms with Crippen LogP contribution in [0.3, 0.4) is 0 Å². The number of fused-ring (bicyclic) bond motifs is 8. The van der Waals surface area contributed by atoms with Gasteiger partial charge in [0.2, 0.25) is 0 Å². The highest BCUT2D eigenvalue weighted by Gasteiger charge is 2.45. The Morgan fingerprint density at radius 3 is 1.50 bits per heavy atom. The van der Waals surface area contributed by atoms with Gasteiger partial charge in [-0.25, -0.2) is 19.8 Å². The molecule has 5 heteroatoms. The maximum Gasteiger partial charge on any atom is 0.187 e. The minimum atomic E-state index is -0.640. The number of rotatable bonds is 6. The lowest BCUT2D eigenvalue weighted by Gasteiger charge is -2.42. The zero-order valence-corrected chi connectivity index (χ0v) is 34.5. The van der Waals surface area contributed by atoms with Crippen molar-refractivity contribution in [3.05, 3.63) is 252 Å².